The SMILES string of the molecule is FC(F)c1c(Cl)ccc2c(NC3C4CCC(CC4)[C@@]34CN4)noc12. The van der Waals surface area contributed by atoms with Crippen LogP contribution in [0.1, 0.15) is 37.7 Å². The maximum Gasteiger partial charge on any atom is 0.269 e. The highest BCUT2D eigenvalue weighted by Crippen LogP contribution is 2.53. The fourth-order valence-electron chi connectivity index (χ4n) is 4.95. The number of anilines is 1. The number of aromatic nitrogens is 1. The lowest BCUT2D eigenvalue weighted by molar-refractivity contribution is 0.109. The summed E-state index contributed by atoms with van der Waals surface area (Å²) in [6.07, 6.45) is 2.30. The minimum atomic E-state index is -2.69. The van der Waals surface area contributed by atoms with E-state index < -0.39 is 6.43 Å². The van der Waals surface area contributed by atoms with Gasteiger partial charge in [-0.15, -0.1) is 0 Å². The molecule has 2 bridgehead atoms. The summed E-state index contributed by atoms with van der Waals surface area (Å²) in [6, 6.07) is 3.48. The fraction of sp³-hybridized carbons (Fsp3) is 0.588. The molecule has 6 rings (SSSR count). The van der Waals surface area contributed by atoms with Crippen LogP contribution < -0.4 is 10.6 Å². The molecule has 128 valence electrons. The van der Waals surface area contributed by atoms with E-state index >= 15 is 0 Å². The van der Waals surface area contributed by atoms with Crippen LogP contribution in [-0.4, -0.2) is 23.3 Å². The van der Waals surface area contributed by atoms with Crippen molar-refractivity contribution in [3.63, 3.8) is 0 Å². The Bertz CT molecular complexity index is 796. The number of hydrogen-bond donors (Lipinski definition) is 2. The Hall–Kier alpha value is -1.40. The van der Waals surface area contributed by atoms with Crippen molar-refractivity contribution in [2.75, 3.05) is 11.9 Å². The summed E-state index contributed by atoms with van der Waals surface area (Å²) in [5.74, 6) is 1.84. The van der Waals surface area contributed by atoms with Crippen molar-refractivity contribution in [2.45, 2.75) is 43.7 Å². The van der Waals surface area contributed by atoms with Gasteiger partial charge in [0.25, 0.3) is 6.43 Å². The van der Waals surface area contributed by atoms with E-state index in [9.17, 15) is 8.78 Å². The molecule has 2 aromatic rings. The summed E-state index contributed by atoms with van der Waals surface area (Å²) >= 11 is 5.91. The second-order valence-corrected chi connectivity index (χ2v) is 7.70. The minimum absolute atomic E-state index is 0.0113. The van der Waals surface area contributed by atoms with Crippen LogP contribution in [0.2, 0.25) is 5.02 Å². The van der Waals surface area contributed by atoms with Gasteiger partial charge in [-0.05, 0) is 49.7 Å². The first-order valence-corrected chi connectivity index (χ1v) is 8.85. The number of nitrogens with zero attached hydrogens (tertiary/aromatic N) is 1. The first kappa shape index (κ1) is 14.9. The Morgan fingerprint density at radius 2 is 2.04 bits per heavy atom. The second-order valence-electron chi connectivity index (χ2n) is 7.30. The highest BCUT2D eigenvalue weighted by molar-refractivity contribution is 6.32. The van der Waals surface area contributed by atoms with E-state index in [1.807, 2.05) is 0 Å². The van der Waals surface area contributed by atoms with Gasteiger partial charge >= 0.3 is 0 Å². The van der Waals surface area contributed by atoms with Gasteiger partial charge in [0.1, 0.15) is 0 Å². The molecule has 4 fully saturated rings. The van der Waals surface area contributed by atoms with Crippen LogP contribution in [0.25, 0.3) is 11.0 Å². The third-order valence-electron chi connectivity index (χ3n) is 6.25. The van der Waals surface area contributed by atoms with Gasteiger partial charge in [0.05, 0.1) is 27.6 Å². The molecule has 1 aromatic heterocycles. The van der Waals surface area contributed by atoms with Gasteiger partial charge in [-0.3, -0.25) is 0 Å². The van der Waals surface area contributed by atoms with Crippen molar-refractivity contribution in [1.82, 2.24) is 10.5 Å². The maximum atomic E-state index is 13.3. The standard InChI is InChI=1S/C17H18ClF2N3O/c18-11-6-5-10-13(12(11)15(19)20)24-23-16(10)22-14-8-1-3-9(4-2-8)17(14)7-21-17/h5-6,8-9,14-15,21H,1-4,7H2,(H,22,23)/t8?,9?,14?,17-/m0/s1. The molecule has 3 saturated carbocycles. The lowest BCUT2D eigenvalue weighted by atomic mass is 9.61. The Morgan fingerprint density at radius 1 is 1.29 bits per heavy atom. The first-order valence-electron chi connectivity index (χ1n) is 8.47. The average molecular weight is 354 g/mol. The molecule has 24 heavy (non-hydrogen) atoms. The van der Waals surface area contributed by atoms with Crippen molar-refractivity contribution >= 4 is 28.4 Å². The lowest BCUT2D eigenvalue weighted by Crippen LogP contribution is -2.56. The van der Waals surface area contributed by atoms with E-state index in [1.54, 1.807) is 6.07 Å². The molecule has 1 spiro atoms. The molecule has 4 nitrogen and oxygen atoms in total. The van der Waals surface area contributed by atoms with Crippen LogP contribution in [0.5, 0.6) is 0 Å². The van der Waals surface area contributed by atoms with Crippen LogP contribution in [0.15, 0.2) is 16.7 Å². The molecular weight excluding hydrogens is 336 g/mol. The molecule has 0 amide bonds. The van der Waals surface area contributed by atoms with Crippen molar-refractivity contribution in [3.05, 3.63) is 22.7 Å². The summed E-state index contributed by atoms with van der Waals surface area (Å²) in [6.45, 7) is 1.02. The number of halogens is 3. The van der Waals surface area contributed by atoms with Gasteiger partial charge in [0, 0.05) is 6.54 Å². The van der Waals surface area contributed by atoms with Gasteiger partial charge in [-0.1, -0.05) is 16.8 Å². The first-order chi connectivity index (χ1) is 11.6. The molecule has 2 N–H and O–H groups in total. The third-order valence-corrected chi connectivity index (χ3v) is 6.58. The largest absolute Gasteiger partial charge is 0.362 e. The summed E-state index contributed by atoms with van der Waals surface area (Å²) in [7, 11) is 0. The molecule has 4 aliphatic rings. The highest BCUT2D eigenvalue weighted by Gasteiger charge is 2.61. The van der Waals surface area contributed by atoms with Crippen LogP contribution in [-0.2, 0) is 0 Å². The number of rotatable bonds is 3. The van der Waals surface area contributed by atoms with Gasteiger partial charge in [-0.25, -0.2) is 8.78 Å². The molecule has 1 saturated heterocycles. The van der Waals surface area contributed by atoms with Crippen molar-refractivity contribution in [1.29, 1.82) is 0 Å². The van der Waals surface area contributed by atoms with Crippen molar-refractivity contribution in [2.24, 2.45) is 11.8 Å². The molecule has 1 unspecified atom stereocenters. The van der Waals surface area contributed by atoms with Crippen LogP contribution >= 0.6 is 11.6 Å². The maximum absolute atomic E-state index is 13.3. The zero-order valence-corrected chi connectivity index (χ0v) is 13.7. The Kier molecular flexibility index (Phi) is 3.14. The van der Waals surface area contributed by atoms with Crippen LogP contribution in [0.4, 0.5) is 14.6 Å². The number of hydrogen-bond acceptors (Lipinski definition) is 4. The molecule has 1 aliphatic heterocycles. The van der Waals surface area contributed by atoms with E-state index in [0.29, 0.717) is 23.0 Å². The molecule has 2 heterocycles. The summed E-state index contributed by atoms with van der Waals surface area (Å²) in [5, 5.41) is 11.7. The highest BCUT2D eigenvalue weighted by atomic mass is 35.5. The Balaban J connectivity index is 1.53. The average Bonchev–Trinajstić information content (AvgIpc) is 3.25. The number of benzene rings is 1. The number of alkyl halides is 2. The Morgan fingerprint density at radius 3 is 2.71 bits per heavy atom. The molecule has 1 aromatic carbocycles. The van der Waals surface area contributed by atoms with Gasteiger partial charge < -0.3 is 15.2 Å². The van der Waals surface area contributed by atoms with E-state index in [4.69, 9.17) is 16.1 Å². The summed E-state index contributed by atoms with van der Waals surface area (Å²) in [5.41, 5.74) is -0.0392. The monoisotopic (exact) mass is 353 g/mol. The van der Waals surface area contributed by atoms with Crippen molar-refractivity contribution in [3.8, 4) is 0 Å². The number of nitrogens with one attached hydrogen (secondary N) is 2. The predicted octanol–water partition coefficient (Wildman–Crippen LogP) is 4.36. The van der Waals surface area contributed by atoms with Crippen LogP contribution in [0.3, 0.4) is 0 Å². The Labute approximate surface area is 142 Å². The zero-order chi connectivity index (χ0) is 16.5. The molecular formula is C17H18ClF2N3O. The van der Waals surface area contributed by atoms with Crippen molar-refractivity contribution < 1.29 is 13.3 Å². The molecule has 3 aliphatic carbocycles. The van der Waals surface area contributed by atoms with Crippen LogP contribution in [0, 0.1) is 11.8 Å². The topological polar surface area (TPSA) is 60.0 Å². The predicted molar refractivity (Wildman–Crippen MR) is 87.6 cm³/mol. The number of fused-ring (bicyclic) bond motifs is 3. The normalized spacial score (nSPS) is 34.4. The lowest BCUT2D eigenvalue weighted by Gasteiger charge is -2.48. The second kappa shape index (κ2) is 5.05. The summed E-state index contributed by atoms with van der Waals surface area (Å²) in [4.78, 5) is 0. The molecule has 2 atom stereocenters. The summed E-state index contributed by atoms with van der Waals surface area (Å²) < 4.78 is 31.8. The van der Waals surface area contributed by atoms with Gasteiger partial charge in [0.15, 0.2) is 11.4 Å². The minimum Gasteiger partial charge on any atom is -0.362 e. The smallest absolute Gasteiger partial charge is 0.269 e. The molecule has 7 heteroatoms. The quantitative estimate of drug-likeness (QED) is 0.805. The van der Waals surface area contributed by atoms with Gasteiger partial charge in [0.2, 0.25) is 0 Å². The van der Waals surface area contributed by atoms with E-state index in [1.165, 1.54) is 31.7 Å². The third kappa shape index (κ3) is 1.96. The zero-order valence-electron chi connectivity index (χ0n) is 13.0. The van der Waals surface area contributed by atoms with E-state index in [-0.39, 0.29) is 27.7 Å². The molecule has 0 radical (unpaired) electrons. The van der Waals surface area contributed by atoms with Gasteiger partial charge in [-0.2, -0.15) is 0 Å². The fourth-order valence-corrected chi connectivity index (χ4v) is 5.19. The van der Waals surface area contributed by atoms with E-state index in [2.05, 4.69) is 15.8 Å². The van der Waals surface area contributed by atoms with E-state index in [0.717, 1.165) is 6.54 Å².